The molecule has 170 valence electrons. The van der Waals surface area contributed by atoms with Gasteiger partial charge in [0.15, 0.2) is 18.1 Å². The molecular formula is C27H22N2O5. The highest BCUT2D eigenvalue weighted by atomic mass is 16.5. The number of para-hydroxylation sites is 2. The first kappa shape index (κ1) is 22.5. The summed E-state index contributed by atoms with van der Waals surface area (Å²) in [6.45, 7) is -0.247. The van der Waals surface area contributed by atoms with Crippen molar-refractivity contribution in [1.29, 1.82) is 0 Å². The molecule has 0 aliphatic heterocycles. The second-order valence-electron chi connectivity index (χ2n) is 7.19. The van der Waals surface area contributed by atoms with E-state index in [1.54, 1.807) is 48.5 Å². The van der Waals surface area contributed by atoms with Gasteiger partial charge in [0.2, 0.25) is 0 Å². The number of fused-ring (bicyclic) bond motifs is 1. The van der Waals surface area contributed by atoms with Gasteiger partial charge in [0.25, 0.3) is 5.91 Å². The summed E-state index contributed by atoms with van der Waals surface area (Å²) in [4.78, 5) is 24.8. The first-order chi connectivity index (χ1) is 16.7. The predicted octanol–water partition coefficient (Wildman–Crippen LogP) is 4.60. The molecule has 7 heteroatoms. The normalized spacial score (nSPS) is 10.7. The molecule has 0 fully saturated rings. The van der Waals surface area contributed by atoms with Gasteiger partial charge in [-0.1, -0.05) is 60.7 Å². The van der Waals surface area contributed by atoms with Crippen molar-refractivity contribution in [2.45, 2.75) is 0 Å². The number of hydrogen-bond acceptors (Lipinski definition) is 6. The van der Waals surface area contributed by atoms with Crippen LogP contribution < -0.4 is 19.6 Å². The van der Waals surface area contributed by atoms with Crippen LogP contribution in [-0.4, -0.2) is 31.8 Å². The molecule has 0 aliphatic carbocycles. The molecular weight excluding hydrogens is 432 g/mol. The van der Waals surface area contributed by atoms with Crippen molar-refractivity contribution in [1.82, 2.24) is 5.43 Å². The van der Waals surface area contributed by atoms with Crippen LogP contribution in [0.15, 0.2) is 96.1 Å². The highest BCUT2D eigenvalue weighted by Gasteiger charge is 2.13. The maximum absolute atomic E-state index is 12.6. The molecule has 0 radical (unpaired) electrons. The summed E-state index contributed by atoms with van der Waals surface area (Å²) in [6, 6.07) is 26.9. The molecule has 4 aromatic rings. The minimum atomic E-state index is -0.486. The number of nitrogens with zero attached hydrogens (tertiary/aromatic N) is 1. The maximum atomic E-state index is 12.6. The molecule has 34 heavy (non-hydrogen) atoms. The largest absolute Gasteiger partial charge is 0.493 e. The zero-order chi connectivity index (χ0) is 23.8. The van der Waals surface area contributed by atoms with Crippen LogP contribution in [0.3, 0.4) is 0 Å². The standard InChI is InChI=1S/C27H22N2O5/c1-32-24-13-7-8-14-25(24)33-18-26(30)29-28-17-22-21-12-6-5-9-19(21)15-16-23(22)34-27(31)20-10-3-2-4-11-20/h2-17H,18H2,1H3,(H,29,30)/b28-17+. The number of methoxy groups -OCH3 is 1. The lowest BCUT2D eigenvalue weighted by molar-refractivity contribution is -0.123. The molecule has 4 aromatic carbocycles. The number of ether oxygens (including phenoxy) is 3. The quantitative estimate of drug-likeness (QED) is 0.182. The van der Waals surface area contributed by atoms with Gasteiger partial charge in [-0.15, -0.1) is 0 Å². The van der Waals surface area contributed by atoms with Crippen LogP contribution in [0.4, 0.5) is 0 Å². The summed E-state index contributed by atoms with van der Waals surface area (Å²) in [7, 11) is 1.53. The van der Waals surface area contributed by atoms with Crippen LogP contribution in [-0.2, 0) is 4.79 Å². The number of carbonyl (C=O) groups excluding carboxylic acids is 2. The van der Waals surface area contributed by atoms with Gasteiger partial charge in [0.1, 0.15) is 5.75 Å². The van der Waals surface area contributed by atoms with E-state index in [0.29, 0.717) is 28.4 Å². The number of hydrazone groups is 1. The maximum Gasteiger partial charge on any atom is 0.343 e. The fraction of sp³-hybridized carbons (Fsp3) is 0.0741. The number of amides is 1. The first-order valence-electron chi connectivity index (χ1n) is 10.5. The van der Waals surface area contributed by atoms with Gasteiger partial charge in [-0.2, -0.15) is 5.10 Å². The molecule has 1 amide bonds. The SMILES string of the molecule is COc1ccccc1OCC(=O)N/N=C/c1c(OC(=O)c2ccccc2)ccc2ccccc12. The van der Waals surface area contributed by atoms with Gasteiger partial charge in [-0.05, 0) is 41.1 Å². The third kappa shape index (κ3) is 5.39. The van der Waals surface area contributed by atoms with E-state index in [-0.39, 0.29) is 6.61 Å². The Bertz CT molecular complexity index is 1340. The lowest BCUT2D eigenvalue weighted by atomic mass is 10.0. The molecule has 0 bridgehead atoms. The van der Waals surface area contributed by atoms with Gasteiger partial charge in [0, 0.05) is 5.56 Å². The Hall–Kier alpha value is -4.65. The zero-order valence-corrected chi connectivity index (χ0v) is 18.4. The Labute approximate surface area is 196 Å². The molecule has 4 rings (SSSR count). The molecule has 0 atom stereocenters. The third-order valence-electron chi connectivity index (χ3n) is 4.95. The Balaban J connectivity index is 1.50. The fourth-order valence-corrected chi connectivity index (χ4v) is 3.31. The molecule has 1 N–H and O–H groups in total. The number of benzene rings is 4. The highest BCUT2D eigenvalue weighted by Crippen LogP contribution is 2.28. The zero-order valence-electron chi connectivity index (χ0n) is 18.4. The number of rotatable bonds is 8. The van der Waals surface area contributed by atoms with Gasteiger partial charge in [0.05, 0.1) is 18.9 Å². The Morgan fingerprint density at radius 2 is 1.53 bits per heavy atom. The summed E-state index contributed by atoms with van der Waals surface area (Å²) >= 11 is 0. The molecule has 0 spiro atoms. The van der Waals surface area contributed by atoms with Crippen LogP contribution in [0.1, 0.15) is 15.9 Å². The number of esters is 1. The van der Waals surface area contributed by atoms with Gasteiger partial charge in [-0.3, -0.25) is 4.79 Å². The average Bonchev–Trinajstić information content (AvgIpc) is 2.89. The summed E-state index contributed by atoms with van der Waals surface area (Å²) in [5.41, 5.74) is 3.43. The molecule has 0 unspecified atom stereocenters. The lowest BCUT2D eigenvalue weighted by Gasteiger charge is -2.11. The van der Waals surface area contributed by atoms with E-state index in [0.717, 1.165) is 10.8 Å². The Morgan fingerprint density at radius 3 is 2.32 bits per heavy atom. The molecule has 7 nitrogen and oxygen atoms in total. The van der Waals surface area contributed by atoms with Crippen molar-refractivity contribution >= 4 is 28.9 Å². The monoisotopic (exact) mass is 454 g/mol. The molecule has 0 saturated heterocycles. The third-order valence-corrected chi connectivity index (χ3v) is 4.95. The highest BCUT2D eigenvalue weighted by molar-refractivity contribution is 6.04. The summed E-state index contributed by atoms with van der Waals surface area (Å²) in [5.74, 6) is 0.369. The van der Waals surface area contributed by atoms with Crippen molar-refractivity contribution < 1.29 is 23.8 Å². The minimum Gasteiger partial charge on any atom is -0.493 e. The van der Waals surface area contributed by atoms with E-state index in [2.05, 4.69) is 10.5 Å². The number of carbonyl (C=O) groups is 2. The lowest BCUT2D eigenvalue weighted by Crippen LogP contribution is -2.24. The summed E-state index contributed by atoms with van der Waals surface area (Å²) in [5, 5.41) is 5.82. The predicted molar refractivity (Wildman–Crippen MR) is 130 cm³/mol. The van der Waals surface area contributed by atoms with Crippen LogP contribution >= 0.6 is 0 Å². The van der Waals surface area contributed by atoms with Crippen LogP contribution in [0.2, 0.25) is 0 Å². The minimum absolute atomic E-state index is 0.247. The van der Waals surface area contributed by atoms with Crippen LogP contribution in [0.5, 0.6) is 17.2 Å². The number of nitrogens with one attached hydrogen (secondary N) is 1. The second-order valence-corrected chi connectivity index (χ2v) is 7.19. The van der Waals surface area contributed by atoms with Gasteiger partial charge >= 0.3 is 5.97 Å². The Kier molecular flexibility index (Phi) is 7.15. The Morgan fingerprint density at radius 1 is 0.824 bits per heavy atom. The molecule has 0 saturated carbocycles. The molecule has 0 aromatic heterocycles. The smallest absolute Gasteiger partial charge is 0.343 e. The summed E-state index contributed by atoms with van der Waals surface area (Å²) < 4.78 is 16.4. The van der Waals surface area contributed by atoms with E-state index < -0.39 is 11.9 Å². The van der Waals surface area contributed by atoms with Crippen molar-refractivity contribution in [2.24, 2.45) is 5.10 Å². The molecule has 0 aliphatic rings. The van der Waals surface area contributed by atoms with Crippen LogP contribution in [0.25, 0.3) is 10.8 Å². The van der Waals surface area contributed by atoms with E-state index in [1.807, 2.05) is 42.5 Å². The van der Waals surface area contributed by atoms with E-state index in [4.69, 9.17) is 14.2 Å². The first-order valence-corrected chi connectivity index (χ1v) is 10.5. The van der Waals surface area contributed by atoms with E-state index in [9.17, 15) is 9.59 Å². The topological polar surface area (TPSA) is 86.2 Å². The van der Waals surface area contributed by atoms with E-state index >= 15 is 0 Å². The second kappa shape index (κ2) is 10.8. The van der Waals surface area contributed by atoms with Crippen LogP contribution in [0, 0.1) is 0 Å². The average molecular weight is 454 g/mol. The van der Waals surface area contributed by atoms with Gasteiger partial charge in [-0.25, -0.2) is 10.2 Å². The molecule has 0 heterocycles. The van der Waals surface area contributed by atoms with Crippen molar-refractivity contribution in [3.8, 4) is 17.2 Å². The van der Waals surface area contributed by atoms with E-state index in [1.165, 1.54) is 13.3 Å². The van der Waals surface area contributed by atoms with Crippen molar-refractivity contribution in [3.05, 3.63) is 102 Å². The number of hydrogen-bond donors (Lipinski definition) is 1. The fourth-order valence-electron chi connectivity index (χ4n) is 3.31. The van der Waals surface area contributed by atoms with Gasteiger partial charge < -0.3 is 14.2 Å². The van der Waals surface area contributed by atoms with Crippen molar-refractivity contribution in [2.75, 3.05) is 13.7 Å². The van der Waals surface area contributed by atoms with Crippen molar-refractivity contribution in [3.63, 3.8) is 0 Å². The summed E-state index contributed by atoms with van der Waals surface area (Å²) in [6.07, 6.45) is 1.46.